The molecule has 0 saturated heterocycles. The number of H-pyrrole nitrogens is 2. The van der Waals surface area contributed by atoms with Crippen molar-refractivity contribution in [3.8, 4) is 0 Å². The lowest BCUT2D eigenvalue weighted by Crippen LogP contribution is -2.42. The van der Waals surface area contributed by atoms with Crippen molar-refractivity contribution in [3.63, 3.8) is 0 Å². The first kappa shape index (κ1) is 16.9. The van der Waals surface area contributed by atoms with Crippen molar-refractivity contribution >= 4 is 27.0 Å². The summed E-state index contributed by atoms with van der Waals surface area (Å²) in [5.41, 5.74) is 1.03. The van der Waals surface area contributed by atoms with Crippen molar-refractivity contribution in [3.05, 3.63) is 64.6 Å². The van der Waals surface area contributed by atoms with Gasteiger partial charge in [-0.2, -0.15) is 4.72 Å². The van der Waals surface area contributed by atoms with Gasteiger partial charge in [-0.15, -0.1) is 0 Å². The first-order valence-corrected chi connectivity index (χ1v) is 8.84. The summed E-state index contributed by atoms with van der Waals surface area (Å²) in [6, 6.07) is 11.4. The van der Waals surface area contributed by atoms with Gasteiger partial charge in [0, 0.05) is 0 Å². The first-order valence-electron chi connectivity index (χ1n) is 7.36. The molecule has 9 heteroatoms. The largest absolute Gasteiger partial charge is 0.480 e. The normalized spacial score (nSPS) is 13.0. The predicted octanol–water partition coefficient (Wildman–Crippen LogP) is 0.830. The minimum absolute atomic E-state index is 0.0125. The van der Waals surface area contributed by atoms with Crippen LogP contribution in [0.2, 0.25) is 0 Å². The van der Waals surface area contributed by atoms with E-state index in [-0.39, 0.29) is 11.3 Å². The van der Waals surface area contributed by atoms with Gasteiger partial charge in [0.15, 0.2) is 0 Å². The fourth-order valence-corrected chi connectivity index (χ4v) is 3.68. The van der Waals surface area contributed by atoms with Gasteiger partial charge in [0.2, 0.25) is 10.0 Å². The van der Waals surface area contributed by atoms with Gasteiger partial charge in [-0.3, -0.25) is 4.79 Å². The zero-order chi connectivity index (χ0) is 18.0. The Bertz CT molecular complexity index is 1070. The topological polar surface area (TPSA) is 132 Å². The fraction of sp³-hybridized carbons (Fsp3) is 0.125. The third-order valence-electron chi connectivity index (χ3n) is 3.68. The van der Waals surface area contributed by atoms with Gasteiger partial charge >= 0.3 is 11.7 Å². The Labute approximate surface area is 142 Å². The SMILES string of the molecule is O=C(O)[C@H](Cc1ccccc1)NS(=O)(=O)c1ccc2[nH]c(=O)[nH]c2c1. The van der Waals surface area contributed by atoms with E-state index in [1.54, 1.807) is 30.3 Å². The molecule has 0 aliphatic heterocycles. The lowest BCUT2D eigenvalue weighted by atomic mass is 10.1. The molecule has 0 unspecified atom stereocenters. The van der Waals surface area contributed by atoms with Gasteiger partial charge < -0.3 is 15.1 Å². The van der Waals surface area contributed by atoms with Crippen LogP contribution in [-0.4, -0.2) is 35.5 Å². The van der Waals surface area contributed by atoms with E-state index in [2.05, 4.69) is 14.7 Å². The zero-order valence-corrected chi connectivity index (χ0v) is 13.7. The van der Waals surface area contributed by atoms with E-state index in [1.165, 1.54) is 18.2 Å². The van der Waals surface area contributed by atoms with E-state index in [4.69, 9.17) is 0 Å². The summed E-state index contributed by atoms with van der Waals surface area (Å²) in [7, 11) is -4.07. The number of fused-ring (bicyclic) bond motifs is 1. The molecule has 0 spiro atoms. The molecule has 0 aliphatic rings. The van der Waals surface area contributed by atoms with Crippen molar-refractivity contribution in [2.75, 3.05) is 0 Å². The molecule has 25 heavy (non-hydrogen) atoms. The van der Waals surface area contributed by atoms with Crippen LogP contribution in [0.1, 0.15) is 5.56 Å². The van der Waals surface area contributed by atoms with Crippen molar-refractivity contribution in [2.24, 2.45) is 0 Å². The number of carboxylic acid groups (broad SMARTS) is 1. The Hall–Kier alpha value is -2.91. The summed E-state index contributed by atoms with van der Waals surface area (Å²) in [6.45, 7) is 0. The first-order chi connectivity index (χ1) is 11.8. The standard InChI is InChI=1S/C16H15N3O5S/c20-15(21)14(8-10-4-2-1-3-5-10)19-25(23,24)11-6-7-12-13(9-11)18-16(22)17-12/h1-7,9,14,19H,8H2,(H,20,21)(H2,17,18,22)/t14-/m0/s1. The number of imidazole rings is 1. The third-order valence-corrected chi connectivity index (χ3v) is 5.15. The Kier molecular flexibility index (Phi) is 4.43. The van der Waals surface area contributed by atoms with Crippen LogP contribution in [0.15, 0.2) is 58.2 Å². The molecule has 0 saturated carbocycles. The molecule has 130 valence electrons. The van der Waals surface area contributed by atoms with Crippen LogP contribution in [0.25, 0.3) is 11.0 Å². The molecule has 0 radical (unpaired) electrons. The molecule has 3 rings (SSSR count). The average Bonchev–Trinajstić information content (AvgIpc) is 2.94. The van der Waals surface area contributed by atoms with Gasteiger partial charge in [-0.05, 0) is 30.2 Å². The van der Waals surface area contributed by atoms with E-state index >= 15 is 0 Å². The highest BCUT2D eigenvalue weighted by Gasteiger charge is 2.26. The fourth-order valence-electron chi connectivity index (χ4n) is 2.46. The Morgan fingerprint density at radius 2 is 1.76 bits per heavy atom. The van der Waals surface area contributed by atoms with Crippen LogP contribution in [-0.2, 0) is 21.2 Å². The van der Waals surface area contributed by atoms with Gasteiger partial charge in [-0.1, -0.05) is 30.3 Å². The van der Waals surface area contributed by atoms with E-state index < -0.39 is 27.7 Å². The Morgan fingerprint density at radius 3 is 2.44 bits per heavy atom. The van der Waals surface area contributed by atoms with E-state index in [0.29, 0.717) is 16.6 Å². The number of sulfonamides is 1. The lowest BCUT2D eigenvalue weighted by Gasteiger charge is -2.15. The predicted molar refractivity (Wildman–Crippen MR) is 90.8 cm³/mol. The smallest absolute Gasteiger partial charge is 0.323 e. The lowest BCUT2D eigenvalue weighted by molar-refractivity contribution is -0.138. The zero-order valence-electron chi connectivity index (χ0n) is 12.9. The van der Waals surface area contributed by atoms with Crippen molar-refractivity contribution in [1.82, 2.24) is 14.7 Å². The number of nitrogens with one attached hydrogen (secondary N) is 3. The number of benzene rings is 2. The highest BCUT2D eigenvalue weighted by atomic mass is 32.2. The number of aliphatic carboxylic acids is 1. The van der Waals surface area contributed by atoms with E-state index in [0.717, 1.165) is 0 Å². The Morgan fingerprint density at radius 1 is 1.08 bits per heavy atom. The molecule has 4 N–H and O–H groups in total. The highest BCUT2D eigenvalue weighted by Crippen LogP contribution is 2.16. The van der Waals surface area contributed by atoms with Gasteiger partial charge in [0.05, 0.1) is 15.9 Å². The summed E-state index contributed by atoms with van der Waals surface area (Å²) < 4.78 is 27.2. The van der Waals surface area contributed by atoms with Crippen molar-refractivity contribution in [2.45, 2.75) is 17.4 Å². The summed E-state index contributed by atoms with van der Waals surface area (Å²) in [6.07, 6.45) is 0.0125. The van der Waals surface area contributed by atoms with Crippen LogP contribution < -0.4 is 10.4 Å². The molecule has 8 nitrogen and oxygen atoms in total. The maximum atomic E-state index is 12.5. The number of carbonyl (C=O) groups is 1. The van der Waals surface area contributed by atoms with Crippen LogP contribution in [0, 0.1) is 0 Å². The van der Waals surface area contributed by atoms with Crippen molar-refractivity contribution in [1.29, 1.82) is 0 Å². The summed E-state index contributed by atoms with van der Waals surface area (Å²) in [4.78, 5) is 27.6. The molecule has 0 fully saturated rings. The molecular formula is C16H15N3O5S. The second-order valence-electron chi connectivity index (χ2n) is 5.49. The van der Waals surface area contributed by atoms with Gasteiger partial charge in [0.25, 0.3) is 0 Å². The molecule has 1 aromatic heterocycles. The number of hydrogen-bond donors (Lipinski definition) is 4. The number of aromatic nitrogens is 2. The molecule has 2 aromatic carbocycles. The molecule has 1 heterocycles. The maximum Gasteiger partial charge on any atom is 0.323 e. The Balaban J connectivity index is 1.88. The number of hydrogen-bond acceptors (Lipinski definition) is 4. The van der Waals surface area contributed by atoms with E-state index in [9.17, 15) is 23.1 Å². The monoisotopic (exact) mass is 361 g/mol. The third kappa shape index (κ3) is 3.78. The van der Waals surface area contributed by atoms with Crippen LogP contribution in [0.5, 0.6) is 0 Å². The summed E-state index contributed by atoms with van der Waals surface area (Å²) >= 11 is 0. The number of carboxylic acids is 1. The van der Waals surface area contributed by atoms with E-state index in [1.807, 2.05) is 0 Å². The number of rotatable bonds is 6. The number of aromatic amines is 2. The second kappa shape index (κ2) is 6.54. The van der Waals surface area contributed by atoms with Crippen LogP contribution in [0.4, 0.5) is 0 Å². The molecular weight excluding hydrogens is 346 g/mol. The van der Waals surface area contributed by atoms with Gasteiger partial charge in [-0.25, -0.2) is 13.2 Å². The highest BCUT2D eigenvalue weighted by molar-refractivity contribution is 7.89. The minimum atomic E-state index is -4.07. The van der Waals surface area contributed by atoms with Crippen molar-refractivity contribution < 1.29 is 18.3 Å². The minimum Gasteiger partial charge on any atom is -0.480 e. The molecule has 0 aliphatic carbocycles. The van der Waals surface area contributed by atoms with Crippen LogP contribution >= 0.6 is 0 Å². The quantitative estimate of drug-likeness (QED) is 0.516. The molecule has 0 amide bonds. The average molecular weight is 361 g/mol. The summed E-state index contributed by atoms with van der Waals surface area (Å²) in [5, 5.41) is 9.34. The maximum absolute atomic E-state index is 12.5. The summed E-state index contributed by atoms with van der Waals surface area (Å²) in [5.74, 6) is -1.27. The van der Waals surface area contributed by atoms with Gasteiger partial charge in [0.1, 0.15) is 6.04 Å². The molecule has 0 bridgehead atoms. The van der Waals surface area contributed by atoms with Crippen LogP contribution in [0.3, 0.4) is 0 Å². The molecule has 3 aromatic rings. The second-order valence-corrected chi connectivity index (χ2v) is 7.20. The molecule has 1 atom stereocenters.